The number of hydrogen-bond donors (Lipinski definition) is 1. The van der Waals surface area contributed by atoms with Gasteiger partial charge in [-0.1, -0.05) is 35.5 Å². The molecule has 6 nitrogen and oxygen atoms in total. The Kier molecular flexibility index (Phi) is 3.47. The van der Waals surface area contributed by atoms with Gasteiger partial charge in [-0.15, -0.1) is 0 Å². The van der Waals surface area contributed by atoms with Crippen molar-refractivity contribution in [3.63, 3.8) is 0 Å². The van der Waals surface area contributed by atoms with Gasteiger partial charge in [0, 0.05) is 17.6 Å². The molecular formula is C18H12N4O2. The van der Waals surface area contributed by atoms with Crippen molar-refractivity contribution < 1.29 is 9.32 Å². The van der Waals surface area contributed by atoms with E-state index in [0.717, 1.165) is 10.9 Å². The van der Waals surface area contributed by atoms with E-state index in [1.165, 1.54) is 0 Å². The molecule has 0 saturated carbocycles. The number of carbonyl (C=O) groups is 1. The summed E-state index contributed by atoms with van der Waals surface area (Å²) in [6.07, 6.45) is 1.67. The van der Waals surface area contributed by atoms with Crippen LogP contribution in [-0.4, -0.2) is 21.0 Å². The molecule has 1 N–H and O–H groups in total. The second-order valence-corrected chi connectivity index (χ2v) is 5.13. The van der Waals surface area contributed by atoms with Gasteiger partial charge in [-0.2, -0.15) is 0 Å². The van der Waals surface area contributed by atoms with E-state index in [1.54, 1.807) is 18.3 Å². The third-order valence-electron chi connectivity index (χ3n) is 3.51. The summed E-state index contributed by atoms with van der Waals surface area (Å²) in [5.41, 5.74) is 2.30. The number of anilines is 1. The van der Waals surface area contributed by atoms with Crippen LogP contribution in [0, 0.1) is 0 Å². The number of aromatic nitrogens is 3. The first kappa shape index (κ1) is 14.1. The van der Waals surface area contributed by atoms with E-state index in [1.807, 2.05) is 48.5 Å². The Morgan fingerprint density at radius 1 is 0.958 bits per heavy atom. The van der Waals surface area contributed by atoms with E-state index < -0.39 is 0 Å². The van der Waals surface area contributed by atoms with Gasteiger partial charge >= 0.3 is 0 Å². The summed E-state index contributed by atoms with van der Waals surface area (Å²) >= 11 is 0. The lowest BCUT2D eigenvalue weighted by atomic mass is 10.2. The zero-order chi connectivity index (χ0) is 16.4. The second-order valence-electron chi connectivity index (χ2n) is 5.13. The standard InChI is InChI=1S/C18H12N4O2/c23-18(15-9-8-12-5-1-2-6-13(12)20-15)21-17-11-16(22-24-17)14-7-3-4-10-19-14/h1-11H,(H,21,23). The van der Waals surface area contributed by atoms with E-state index >= 15 is 0 Å². The number of benzene rings is 1. The number of nitrogens with zero attached hydrogens (tertiary/aromatic N) is 3. The number of hydrogen-bond acceptors (Lipinski definition) is 5. The Labute approximate surface area is 137 Å². The van der Waals surface area contributed by atoms with E-state index in [2.05, 4.69) is 20.4 Å². The molecule has 3 heterocycles. The van der Waals surface area contributed by atoms with Crippen LogP contribution in [0.15, 0.2) is 71.4 Å². The molecule has 116 valence electrons. The lowest BCUT2D eigenvalue weighted by Crippen LogP contribution is -2.13. The smallest absolute Gasteiger partial charge is 0.276 e. The fourth-order valence-corrected chi connectivity index (χ4v) is 2.34. The number of carbonyl (C=O) groups excluding carboxylic acids is 1. The van der Waals surface area contributed by atoms with E-state index in [-0.39, 0.29) is 11.8 Å². The van der Waals surface area contributed by atoms with Gasteiger partial charge in [0.2, 0.25) is 5.88 Å². The van der Waals surface area contributed by atoms with E-state index in [0.29, 0.717) is 17.1 Å². The first-order valence-electron chi connectivity index (χ1n) is 7.35. The quantitative estimate of drug-likeness (QED) is 0.625. The highest BCUT2D eigenvalue weighted by Gasteiger charge is 2.13. The minimum Gasteiger partial charge on any atom is -0.338 e. The molecule has 0 fully saturated rings. The molecule has 0 unspecified atom stereocenters. The molecule has 0 spiro atoms. The minimum absolute atomic E-state index is 0.246. The monoisotopic (exact) mass is 316 g/mol. The Balaban J connectivity index is 1.56. The van der Waals surface area contributed by atoms with Crippen molar-refractivity contribution in [2.75, 3.05) is 5.32 Å². The molecule has 0 saturated heterocycles. The van der Waals surface area contributed by atoms with Crippen LogP contribution < -0.4 is 5.32 Å². The lowest BCUT2D eigenvalue weighted by molar-refractivity contribution is 0.101. The minimum atomic E-state index is -0.357. The van der Waals surface area contributed by atoms with E-state index in [4.69, 9.17) is 4.52 Å². The van der Waals surface area contributed by atoms with Gasteiger partial charge in [0.05, 0.1) is 11.2 Å². The molecule has 0 aliphatic rings. The number of nitrogens with one attached hydrogen (secondary N) is 1. The molecule has 1 amide bonds. The van der Waals surface area contributed by atoms with Crippen molar-refractivity contribution in [1.29, 1.82) is 0 Å². The Bertz CT molecular complexity index is 1010. The normalized spacial score (nSPS) is 10.7. The van der Waals surface area contributed by atoms with Gasteiger partial charge in [0.1, 0.15) is 11.4 Å². The predicted molar refractivity (Wildman–Crippen MR) is 89.4 cm³/mol. The summed E-state index contributed by atoms with van der Waals surface area (Å²) in [6, 6.07) is 18.3. The van der Waals surface area contributed by atoms with Crippen LogP contribution in [0.5, 0.6) is 0 Å². The van der Waals surface area contributed by atoms with Crippen LogP contribution in [0.4, 0.5) is 5.88 Å². The highest BCUT2D eigenvalue weighted by Crippen LogP contribution is 2.20. The van der Waals surface area contributed by atoms with Gasteiger partial charge in [-0.05, 0) is 24.3 Å². The van der Waals surface area contributed by atoms with Crippen LogP contribution in [0.3, 0.4) is 0 Å². The summed E-state index contributed by atoms with van der Waals surface area (Å²) in [6.45, 7) is 0. The molecule has 4 rings (SSSR count). The van der Waals surface area contributed by atoms with Gasteiger partial charge in [-0.3, -0.25) is 15.1 Å². The maximum absolute atomic E-state index is 12.3. The maximum atomic E-state index is 12.3. The molecule has 0 aliphatic carbocycles. The van der Waals surface area contributed by atoms with Crippen LogP contribution in [0.2, 0.25) is 0 Å². The van der Waals surface area contributed by atoms with Crippen molar-refractivity contribution in [3.05, 3.63) is 72.6 Å². The molecule has 0 atom stereocenters. The Hall–Kier alpha value is -3.54. The average Bonchev–Trinajstić information content (AvgIpc) is 3.10. The van der Waals surface area contributed by atoms with Crippen molar-refractivity contribution in [2.45, 2.75) is 0 Å². The zero-order valence-electron chi connectivity index (χ0n) is 12.5. The number of fused-ring (bicyclic) bond motifs is 1. The molecule has 0 bridgehead atoms. The number of amides is 1. The Morgan fingerprint density at radius 3 is 2.71 bits per heavy atom. The van der Waals surface area contributed by atoms with Crippen molar-refractivity contribution in [2.24, 2.45) is 0 Å². The van der Waals surface area contributed by atoms with Crippen LogP contribution in [0.25, 0.3) is 22.3 Å². The van der Waals surface area contributed by atoms with Crippen LogP contribution in [-0.2, 0) is 0 Å². The van der Waals surface area contributed by atoms with Gasteiger partial charge < -0.3 is 4.52 Å². The number of rotatable bonds is 3. The van der Waals surface area contributed by atoms with Crippen LogP contribution in [0.1, 0.15) is 10.5 Å². The summed E-state index contributed by atoms with van der Waals surface area (Å²) < 4.78 is 5.15. The average molecular weight is 316 g/mol. The topological polar surface area (TPSA) is 80.9 Å². The Morgan fingerprint density at radius 2 is 1.83 bits per heavy atom. The molecular weight excluding hydrogens is 304 g/mol. The van der Waals surface area contributed by atoms with Crippen molar-refractivity contribution in [1.82, 2.24) is 15.1 Å². The third-order valence-corrected chi connectivity index (χ3v) is 3.51. The molecule has 0 radical (unpaired) electrons. The third kappa shape index (κ3) is 2.72. The summed E-state index contributed by atoms with van der Waals surface area (Å²) in [7, 11) is 0. The predicted octanol–water partition coefficient (Wildman–Crippen LogP) is 3.54. The van der Waals surface area contributed by atoms with Crippen molar-refractivity contribution in [3.8, 4) is 11.4 Å². The molecule has 3 aromatic heterocycles. The summed E-state index contributed by atoms with van der Waals surface area (Å²) in [4.78, 5) is 20.9. The van der Waals surface area contributed by atoms with E-state index in [9.17, 15) is 4.79 Å². The summed E-state index contributed by atoms with van der Waals surface area (Å²) in [5.74, 6) is -0.111. The molecule has 0 aliphatic heterocycles. The first-order valence-corrected chi connectivity index (χ1v) is 7.35. The second kappa shape index (κ2) is 5.92. The molecule has 24 heavy (non-hydrogen) atoms. The zero-order valence-corrected chi connectivity index (χ0v) is 12.5. The largest absolute Gasteiger partial charge is 0.338 e. The molecule has 6 heteroatoms. The lowest BCUT2D eigenvalue weighted by Gasteiger charge is -2.02. The maximum Gasteiger partial charge on any atom is 0.276 e. The summed E-state index contributed by atoms with van der Waals surface area (Å²) in [5, 5.41) is 7.54. The van der Waals surface area contributed by atoms with Gasteiger partial charge in [0.25, 0.3) is 5.91 Å². The number of pyridine rings is 2. The first-order chi connectivity index (χ1) is 11.8. The van der Waals surface area contributed by atoms with Crippen molar-refractivity contribution >= 4 is 22.7 Å². The molecule has 4 aromatic rings. The molecule has 1 aromatic carbocycles. The fourth-order valence-electron chi connectivity index (χ4n) is 2.34. The highest BCUT2D eigenvalue weighted by molar-refractivity contribution is 6.03. The van der Waals surface area contributed by atoms with Crippen LogP contribution >= 0.6 is 0 Å². The highest BCUT2D eigenvalue weighted by atomic mass is 16.5. The SMILES string of the molecule is O=C(Nc1cc(-c2ccccn2)no1)c1ccc2ccccc2n1. The van der Waals surface area contributed by atoms with Gasteiger partial charge in [-0.25, -0.2) is 4.98 Å². The van der Waals surface area contributed by atoms with Gasteiger partial charge in [0.15, 0.2) is 0 Å². The number of para-hydroxylation sites is 1. The fraction of sp³-hybridized carbons (Fsp3) is 0.